The maximum Gasteiger partial charge on any atom is 0.0469 e. The third kappa shape index (κ3) is 4.02. The molecule has 0 bridgehead atoms. The van der Waals surface area contributed by atoms with E-state index < -0.39 is 0 Å². The van der Waals surface area contributed by atoms with Gasteiger partial charge in [0, 0.05) is 29.9 Å². The van der Waals surface area contributed by atoms with Crippen LogP contribution in [0.5, 0.6) is 0 Å². The van der Waals surface area contributed by atoms with Crippen LogP contribution in [0.15, 0.2) is 29.2 Å². The van der Waals surface area contributed by atoms with E-state index in [0.29, 0.717) is 12.0 Å². The number of nitrogens with two attached hydrogens (primary N) is 1. The summed E-state index contributed by atoms with van der Waals surface area (Å²) in [4.78, 5) is 1.32. The first-order valence-electron chi connectivity index (χ1n) is 6.28. The van der Waals surface area contributed by atoms with E-state index in [0.717, 1.165) is 31.8 Å². The maximum atomic E-state index is 6.25. The Morgan fingerprint density at radius 2 is 1.94 bits per heavy atom. The van der Waals surface area contributed by atoms with Crippen LogP contribution in [0.4, 0.5) is 0 Å². The van der Waals surface area contributed by atoms with Crippen molar-refractivity contribution in [1.29, 1.82) is 0 Å². The zero-order valence-corrected chi connectivity index (χ0v) is 11.2. The van der Waals surface area contributed by atoms with Crippen molar-refractivity contribution in [3.8, 4) is 0 Å². The Morgan fingerprint density at radius 3 is 2.59 bits per heavy atom. The Kier molecular flexibility index (Phi) is 4.89. The van der Waals surface area contributed by atoms with Crippen LogP contribution < -0.4 is 5.73 Å². The smallest absolute Gasteiger partial charge is 0.0469 e. The van der Waals surface area contributed by atoms with Gasteiger partial charge < -0.3 is 10.5 Å². The second-order valence-electron chi connectivity index (χ2n) is 4.74. The molecule has 0 amide bonds. The molecule has 17 heavy (non-hydrogen) atoms. The van der Waals surface area contributed by atoms with Crippen LogP contribution in [0.25, 0.3) is 0 Å². The molecule has 0 spiro atoms. The summed E-state index contributed by atoms with van der Waals surface area (Å²) in [6, 6.07) is 8.96. The maximum absolute atomic E-state index is 6.25. The molecule has 94 valence electrons. The molecular weight excluding hydrogens is 230 g/mol. The van der Waals surface area contributed by atoms with Gasteiger partial charge in [0.25, 0.3) is 0 Å². The van der Waals surface area contributed by atoms with Crippen LogP contribution in [0.3, 0.4) is 0 Å². The SMILES string of the molecule is Cc1ccc(SCC(N)C2CCOCC2)cc1. The molecule has 0 radical (unpaired) electrons. The summed E-state index contributed by atoms with van der Waals surface area (Å²) in [5.41, 5.74) is 7.56. The minimum absolute atomic E-state index is 0.296. The molecule has 1 aliphatic heterocycles. The summed E-state index contributed by atoms with van der Waals surface area (Å²) >= 11 is 1.87. The van der Waals surface area contributed by atoms with Gasteiger partial charge in [0.2, 0.25) is 0 Å². The second kappa shape index (κ2) is 6.43. The zero-order valence-electron chi connectivity index (χ0n) is 10.4. The lowest BCUT2D eigenvalue weighted by Crippen LogP contribution is -2.36. The molecule has 2 N–H and O–H groups in total. The summed E-state index contributed by atoms with van der Waals surface area (Å²) < 4.78 is 5.36. The van der Waals surface area contributed by atoms with E-state index in [4.69, 9.17) is 10.5 Å². The van der Waals surface area contributed by atoms with E-state index in [1.165, 1.54) is 10.5 Å². The largest absolute Gasteiger partial charge is 0.381 e. The lowest BCUT2D eigenvalue weighted by atomic mass is 9.94. The molecule has 1 aliphatic rings. The lowest BCUT2D eigenvalue weighted by Gasteiger charge is -2.27. The van der Waals surface area contributed by atoms with Gasteiger partial charge in [0.05, 0.1) is 0 Å². The van der Waals surface area contributed by atoms with Crippen LogP contribution in [0.2, 0.25) is 0 Å². The van der Waals surface area contributed by atoms with Gasteiger partial charge >= 0.3 is 0 Å². The number of hydrogen-bond acceptors (Lipinski definition) is 3. The minimum atomic E-state index is 0.296. The lowest BCUT2D eigenvalue weighted by molar-refractivity contribution is 0.0607. The molecule has 0 aromatic heterocycles. The number of aryl methyl sites for hydroxylation is 1. The van der Waals surface area contributed by atoms with Crippen LogP contribution in [0.1, 0.15) is 18.4 Å². The first-order valence-corrected chi connectivity index (χ1v) is 7.27. The van der Waals surface area contributed by atoms with Crippen molar-refractivity contribution in [1.82, 2.24) is 0 Å². The molecule has 2 nitrogen and oxygen atoms in total. The Labute approximate surface area is 108 Å². The molecule has 1 saturated heterocycles. The molecule has 1 aromatic carbocycles. The molecule has 3 heteroatoms. The van der Waals surface area contributed by atoms with E-state index in [1.807, 2.05) is 11.8 Å². The van der Waals surface area contributed by atoms with E-state index in [1.54, 1.807) is 0 Å². The highest BCUT2D eigenvalue weighted by Crippen LogP contribution is 2.24. The van der Waals surface area contributed by atoms with E-state index in [2.05, 4.69) is 31.2 Å². The van der Waals surface area contributed by atoms with Crippen molar-refractivity contribution >= 4 is 11.8 Å². The first-order chi connectivity index (χ1) is 8.25. The van der Waals surface area contributed by atoms with E-state index in [-0.39, 0.29) is 0 Å². The highest BCUT2D eigenvalue weighted by atomic mass is 32.2. The monoisotopic (exact) mass is 251 g/mol. The summed E-state index contributed by atoms with van der Waals surface area (Å²) in [5, 5.41) is 0. The molecule has 1 aromatic rings. The van der Waals surface area contributed by atoms with Crippen molar-refractivity contribution in [3.05, 3.63) is 29.8 Å². The van der Waals surface area contributed by atoms with Gasteiger partial charge in [-0.15, -0.1) is 11.8 Å². The molecule has 1 atom stereocenters. The van der Waals surface area contributed by atoms with E-state index >= 15 is 0 Å². The molecule has 0 aliphatic carbocycles. The zero-order chi connectivity index (χ0) is 12.1. The summed E-state index contributed by atoms with van der Waals surface area (Å²) in [6.45, 7) is 3.88. The number of thioether (sulfide) groups is 1. The number of benzene rings is 1. The molecule has 1 unspecified atom stereocenters. The van der Waals surface area contributed by atoms with Crippen LogP contribution in [-0.4, -0.2) is 25.0 Å². The topological polar surface area (TPSA) is 35.2 Å². The number of hydrogen-bond donors (Lipinski definition) is 1. The Hall–Kier alpha value is -0.510. The first kappa shape index (κ1) is 12.9. The third-order valence-corrected chi connectivity index (χ3v) is 4.49. The van der Waals surface area contributed by atoms with Crippen LogP contribution in [-0.2, 0) is 4.74 Å². The predicted octanol–water partition coefficient (Wildman–Crippen LogP) is 2.84. The Bertz CT molecular complexity index is 333. The van der Waals surface area contributed by atoms with Crippen LogP contribution in [0, 0.1) is 12.8 Å². The molecule has 1 heterocycles. The van der Waals surface area contributed by atoms with Gasteiger partial charge in [-0.2, -0.15) is 0 Å². The Balaban J connectivity index is 1.78. The summed E-state index contributed by atoms with van der Waals surface area (Å²) in [7, 11) is 0. The number of ether oxygens (including phenoxy) is 1. The van der Waals surface area contributed by atoms with Gasteiger partial charge in [0.1, 0.15) is 0 Å². The second-order valence-corrected chi connectivity index (χ2v) is 5.83. The normalized spacial score (nSPS) is 19.2. The Morgan fingerprint density at radius 1 is 1.29 bits per heavy atom. The minimum Gasteiger partial charge on any atom is -0.381 e. The van der Waals surface area contributed by atoms with E-state index in [9.17, 15) is 0 Å². The van der Waals surface area contributed by atoms with Crippen molar-refractivity contribution < 1.29 is 4.74 Å². The van der Waals surface area contributed by atoms with Gasteiger partial charge in [0.15, 0.2) is 0 Å². The van der Waals surface area contributed by atoms with Crippen molar-refractivity contribution in [2.75, 3.05) is 19.0 Å². The average molecular weight is 251 g/mol. The summed E-state index contributed by atoms with van der Waals surface area (Å²) in [5.74, 6) is 1.65. The molecule has 0 saturated carbocycles. The fraction of sp³-hybridized carbons (Fsp3) is 0.571. The average Bonchev–Trinajstić information content (AvgIpc) is 2.39. The molecule has 2 rings (SSSR count). The standard InChI is InChI=1S/C14H21NOS/c1-11-2-4-13(5-3-11)17-10-14(15)12-6-8-16-9-7-12/h2-5,12,14H,6-10,15H2,1H3. The highest BCUT2D eigenvalue weighted by Gasteiger charge is 2.20. The molecular formula is C14H21NOS. The van der Waals surface area contributed by atoms with Gasteiger partial charge in [-0.1, -0.05) is 17.7 Å². The number of rotatable bonds is 4. The third-order valence-electron chi connectivity index (χ3n) is 3.33. The van der Waals surface area contributed by atoms with Gasteiger partial charge in [-0.25, -0.2) is 0 Å². The molecule has 1 fully saturated rings. The fourth-order valence-corrected chi connectivity index (χ4v) is 3.09. The summed E-state index contributed by atoms with van der Waals surface area (Å²) in [6.07, 6.45) is 2.24. The van der Waals surface area contributed by atoms with Gasteiger partial charge in [-0.3, -0.25) is 0 Å². The van der Waals surface area contributed by atoms with Crippen molar-refractivity contribution in [2.24, 2.45) is 11.7 Å². The van der Waals surface area contributed by atoms with Crippen molar-refractivity contribution in [3.63, 3.8) is 0 Å². The van der Waals surface area contributed by atoms with Crippen molar-refractivity contribution in [2.45, 2.75) is 30.7 Å². The fourth-order valence-electron chi connectivity index (χ4n) is 2.11. The predicted molar refractivity (Wildman–Crippen MR) is 73.4 cm³/mol. The highest BCUT2D eigenvalue weighted by molar-refractivity contribution is 7.99. The van der Waals surface area contributed by atoms with Crippen LogP contribution >= 0.6 is 11.8 Å². The van der Waals surface area contributed by atoms with Gasteiger partial charge in [-0.05, 0) is 37.8 Å². The quantitative estimate of drug-likeness (QED) is 0.836.